The molecule has 0 atom stereocenters. The fraction of sp³-hybridized carbons (Fsp3) is 0.429. The van der Waals surface area contributed by atoms with Crippen molar-refractivity contribution in [2.45, 2.75) is 39.7 Å². The number of para-hydroxylation sites is 1. The summed E-state index contributed by atoms with van der Waals surface area (Å²) in [5, 5.41) is 0. The molecule has 0 aliphatic carbocycles. The van der Waals surface area contributed by atoms with Crippen LogP contribution in [0.15, 0.2) is 42.0 Å². The molecule has 35 heavy (non-hydrogen) atoms. The Labute approximate surface area is 207 Å². The average Bonchev–Trinajstić information content (AvgIpc) is 3.28. The van der Waals surface area contributed by atoms with Gasteiger partial charge in [0.2, 0.25) is 5.91 Å². The normalized spacial score (nSPS) is 15.7. The SMILES string of the molecule is COc1c(C)c2c(c(OC)c1CC=C(C)CCC(=O)N1CCN(c3ccccc3)CC1)C(=O)OC2. The van der Waals surface area contributed by atoms with Crippen LogP contribution in [-0.2, 0) is 22.6 Å². The second-order valence-electron chi connectivity index (χ2n) is 9.06. The molecule has 0 radical (unpaired) electrons. The number of esters is 1. The van der Waals surface area contributed by atoms with Crippen LogP contribution in [0.25, 0.3) is 0 Å². The molecule has 2 aromatic rings. The summed E-state index contributed by atoms with van der Waals surface area (Å²) < 4.78 is 16.6. The first-order valence-electron chi connectivity index (χ1n) is 12.1. The lowest BCUT2D eigenvalue weighted by Crippen LogP contribution is -2.48. The third kappa shape index (κ3) is 5.14. The minimum absolute atomic E-state index is 0.191. The molecule has 1 saturated heterocycles. The summed E-state index contributed by atoms with van der Waals surface area (Å²) in [6, 6.07) is 10.3. The van der Waals surface area contributed by atoms with Crippen LogP contribution in [0.4, 0.5) is 5.69 Å². The van der Waals surface area contributed by atoms with E-state index in [1.54, 1.807) is 14.2 Å². The van der Waals surface area contributed by atoms with E-state index in [0.717, 1.165) is 54.2 Å². The quantitative estimate of drug-likeness (QED) is 0.416. The number of anilines is 1. The van der Waals surface area contributed by atoms with E-state index >= 15 is 0 Å². The van der Waals surface area contributed by atoms with Crippen molar-refractivity contribution < 1.29 is 23.8 Å². The van der Waals surface area contributed by atoms with Crippen molar-refractivity contribution in [3.63, 3.8) is 0 Å². The fourth-order valence-electron chi connectivity index (χ4n) is 4.93. The summed E-state index contributed by atoms with van der Waals surface area (Å²) in [4.78, 5) is 29.4. The second kappa shape index (κ2) is 10.8. The topological polar surface area (TPSA) is 68.3 Å². The number of benzene rings is 2. The summed E-state index contributed by atoms with van der Waals surface area (Å²) in [5.41, 5.74) is 5.38. The highest BCUT2D eigenvalue weighted by Gasteiger charge is 2.32. The number of cyclic esters (lactones) is 1. The number of carbonyl (C=O) groups excluding carboxylic acids is 2. The molecule has 2 aliphatic rings. The standard InChI is InChI=1S/C28H34N2O5/c1-19(11-13-24(31)30-16-14-29(15-17-30)21-8-6-5-7-9-21)10-12-22-26(33-3)20(2)23-18-35-28(32)25(23)27(22)34-4/h5-10H,11-18H2,1-4H3. The minimum atomic E-state index is -0.359. The lowest BCUT2D eigenvalue weighted by Gasteiger charge is -2.36. The molecular formula is C28H34N2O5. The number of hydrogen-bond donors (Lipinski definition) is 0. The van der Waals surface area contributed by atoms with E-state index in [0.29, 0.717) is 30.6 Å². The third-order valence-electron chi connectivity index (χ3n) is 6.97. The second-order valence-corrected chi connectivity index (χ2v) is 9.06. The molecule has 7 heteroatoms. The highest BCUT2D eigenvalue weighted by Crippen LogP contribution is 2.42. The lowest BCUT2D eigenvalue weighted by molar-refractivity contribution is -0.131. The molecule has 0 N–H and O–H groups in total. The number of hydrogen-bond acceptors (Lipinski definition) is 6. The number of piperazine rings is 1. The number of fused-ring (bicyclic) bond motifs is 1. The van der Waals surface area contributed by atoms with E-state index in [-0.39, 0.29) is 18.5 Å². The minimum Gasteiger partial charge on any atom is -0.496 e. The molecule has 0 aromatic heterocycles. The Morgan fingerprint density at radius 3 is 2.37 bits per heavy atom. The number of nitrogens with zero attached hydrogens (tertiary/aromatic N) is 2. The molecule has 186 valence electrons. The Morgan fingerprint density at radius 2 is 1.71 bits per heavy atom. The van der Waals surface area contributed by atoms with Crippen molar-refractivity contribution in [1.82, 2.24) is 4.90 Å². The van der Waals surface area contributed by atoms with Crippen molar-refractivity contribution in [2.24, 2.45) is 0 Å². The summed E-state index contributed by atoms with van der Waals surface area (Å²) in [6.45, 7) is 7.41. The highest BCUT2D eigenvalue weighted by molar-refractivity contribution is 5.98. The van der Waals surface area contributed by atoms with E-state index in [9.17, 15) is 9.59 Å². The molecule has 0 spiro atoms. The van der Waals surface area contributed by atoms with Crippen molar-refractivity contribution in [3.8, 4) is 11.5 Å². The van der Waals surface area contributed by atoms with Gasteiger partial charge in [0.1, 0.15) is 23.7 Å². The lowest BCUT2D eigenvalue weighted by atomic mass is 9.94. The predicted octanol–water partition coefficient (Wildman–Crippen LogP) is 4.30. The monoisotopic (exact) mass is 478 g/mol. The maximum absolute atomic E-state index is 12.8. The molecule has 2 heterocycles. The Balaban J connectivity index is 1.37. The number of methoxy groups -OCH3 is 2. The largest absolute Gasteiger partial charge is 0.496 e. The molecule has 0 bridgehead atoms. The van der Waals surface area contributed by atoms with Gasteiger partial charge in [-0.15, -0.1) is 0 Å². The molecule has 4 rings (SSSR count). The van der Waals surface area contributed by atoms with Crippen LogP contribution in [-0.4, -0.2) is 57.2 Å². The summed E-state index contributed by atoms with van der Waals surface area (Å²) in [5.74, 6) is 1.07. The van der Waals surface area contributed by atoms with Crippen LogP contribution in [0.3, 0.4) is 0 Å². The Morgan fingerprint density at radius 1 is 1.03 bits per heavy atom. The van der Waals surface area contributed by atoms with Gasteiger partial charge in [0, 0.05) is 49.4 Å². The first-order chi connectivity index (χ1) is 16.9. The average molecular weight is 479 g/mol. The maximum atomic E-state index is 12.8. The van der Waals surface area contributed by atoms with E-state index in [2.05, 4.69) is 23.1 Å². The highest BCUT2D eigenvalue weighted by atomic mass is 16.5. The van der Waals surface area contributed by atoms with E-state index in [1.807, 2.05) is 36.9 Å². The summed E-state index contributed by atoms with van der Waals surface area (Å²) in [6.07, 6.45) is 3.81. The van der Waals surface area contributed by atoms with Crippen molar-refractivity contribution in [1.29, 1.82) is 0 Å². The van der Waals surface area contributed by atoms with Crippen LogP contribution < -0.4 is 14.4 Å². The zero-order chi connectivity index (χ0) is 24.9. The van der Waals surface area contributed by atoms with Crippen molar-refractivity contribution >= 4 is 17.6 Å². The first kappa shape index (κ1) is 24.6. The van der Waals surface area contributed by atoms with Crippen LogP contribution >= 0.6 is 0 Å². The van der Waals surface area contributed by atoms with E-state index in [1.165, 1.54) is 5.69 Å². The zero-order valence-electron chi connectivity index (χ0n) is 21.1. The molecule has 2 aliphatic heterocycles. The smallest absolute Gasteiger partial charge is 0.342 e. The number of amides is 1. The van der Waals surface area contributed by atoms with Gasteiger partial charge in [0.15, 0.2) is 0 Å². The Hall–Kier alpha value is -3.48. The van der Waals surface area contributed by atoms with E-state index < -0.39 is 0 Å². The number of allylic oxidation sites excluding steroid dienone is 2. The maximum Gasteiger partial charge on any atom is 0.342 e. The molecule has 1 amide bonds. The number of ether oxygens (including phenoxy) is 3. The van der Waals surface area contributed by atoms with Gasteiger partial charge in [0.25, 0.3) is 0 Å². The van der Waals surface area contributed by atoms with E-state index in [4.69, 9.17) is 14.2 Å². The molecule has 7 nitrogen and oxygen atoms in total. The first-order valence-corrected chi connectivity index (χ1v) is 12.1. The van der Waals surface area contributed by atoms with Crippen molar-refractivity contribution in [3.05, 3.63) is 64.2 Å². The number of rotatable bonds is 8. The molecular weight excluding hydrogens is 444 g/mol. The van der Waals surface area contributed by atoms with Gasteiger partial charge in [-0.05, 0) is 44.4 Å². The van der Waals surface area contributed by atoms with Crippen molar-refractivity contribution in [2.75, 3.05) is 45.3 Å². The van der Waals surface area contributed by atoms with Gasteiger partial charge in [-0.1, -0.05) is 29.8 Å². The molecule has 2 aromatic carbocycles. The predicted molar refractivity (Wildman–Crippen MR) is 135 cm³/mol. The van der Waals surface area contributed by atoms with Gasteiger partial charge in [0.05, 0.1) is 14.2 Å². The fourth-order valence-corrected chi connectivity index (χ4v) is 4.93. The van der Waals surface area contributed by atoms with Gasteiger partial charge < -0.3 is 24.0 Å². The van der Waals surface area contributed by atoms with Crippen LogP contribution in [0.1, 0.15) is 46.8 Å². The molecule has 1 fully saturated rings. The van der Waals surface area contributed by atoms with Gasteiger partial charge in [-0.2, -0.15) is 0 Å². The van der Waals surface area contributed by atoms with Gasteiger partial charge >= 0.3 is 5.97 Å². The molecule has 0 saturated carbocycles. The summed E-state index contributed by atoms with van der Waals surface area (Å²) >= 11 is 0. The third-order valence-corrected chi connectivity index (χ3v) is 6.97. The van der Waals surface area contributed by atoms with Crippen LogP contribution in [0.2, 0.25) is 0 Å². The number of carbonyl (C=O) groups is 2. The Kier molecular flexibility index (Phi) is 7.63. The zero-order valence-corrected chi connectivity index (χ0v) is 21.1. The van der Waals surface area contributed by atoms with Crippen LogP contribution in [0, 0.1) is 6.92 Å². The molecule has 0 unspecified atom stereocenters. The Bertz CT molecular complexity index is 1120. The summed E-state index contributed by atoms with van der Waals surface area (Å²) in [7, 11) is 3.19. The van der Waals surface area contributed by atoms with Gasteiger partial charge in [-0.3, -0.25) is 4.79 Å². The van der Waals surface area contributed by atoms with Gasteiger partial charge in [-0.25, -0.2) is 4.79 Å². The van der Waals surface area contributed by atoms with Crippen LogP contribution in [0.5, 0.6) is 11.5 Å².